The molecule has 132 valence electrons. The minimum absolute atomic E-state index is 0.0197. The quantitative estimate of drug-likeness (QED) is 0.697. The maximum Gasteiger partial charge on any atom is 0.274 e. The molecule has 0 spiro atoms. The molecule has 0 unspecified atom stereocenters. The van der Waals surface area contributed by atoms with Crippen LogP contribution in [0.1, 0.15) is 10.5 Å². The molecule has 1 amide bonds. The summed E-state index contributed by atoms with van der Waals surface area (Å²) in [7, 11) is -3.81. The first-order valence-corrected chi connectivity index (χ1v) is 9.41. The van der Waals surface area contributed by atoms with Gasteiger partial charge in [-0.3, -0.25) is 14.5 Å². The van der Waals surface area contributed by atoms with Crippen LogP contribution in [0.2, 0.25) is 5.02 Å². The van der Waals surface area contributed by atoms with Crippen LogP contribution >= 0.6 is 11.6 Å². The number of anilines is 2. The Morgan fingerprint density at radius 2 is 1.69 bits per heavy atom. The monoisotopic (exact) mass is 387 g/mol. The Balaban J connectivity index is 1.79. The first-order chi connectivity index (χ1) is 12.4. The second-order valence-electron chi connectivity index (χ2n) is 5.31. The molecule has 2 aromatic carbocycles. The van der Waals surface area contributed by atoms with Gasteiger partial charge in [0.1, 0.15) is 5.69 Å². The second kappa shape index (κ2) is 7.55. The Morgan fingerprint density at radius 3 is 2.38 bits per heavy atom. The standard InChI is InChI=1S/C18H14ClN3O3S/c19-13-7-9-14(10-8-13)22-26(24,25)16-5-3-4-15(12-16)21-18(23)17-6-1-2-11-20-17/h1-12,22H,(H,21,23). The average Bonchev–Trinajstić information content (AvgIpc) is 2.64. The molecule has 0 fully saturated rings. The summed E-state index contributed by atoms with van der Waals surface area (Å²) in [6.07, 6.45) is 1.51. The highest BCUT2D eigenvalue weighted by atomic mass is 35.5. The summed E-state index contributed by atoms with van der Waals surface area (Å²) >= 11 is 5.80. The first-order valence-electron chi connectivity index (χ1n) is 7.55. The van der Waals surface area contributed by atoms with Crippen LogP contribution in [0, 0.1) is 0 Å². The van der Waals surface area contributed by atoms with Crippen molar-refractivity contribution in [1.82, 2.24) is 4.98 Å². The number of hydrogen-bond acceptors (Lipinski definition) is 4. The molecule has 1 heterocycles. The summed E-state index contributed by atoms with van der Waals surface area (Å²) in [5.41, 5.74) is 0.969. The highest BCUT2D eigenvalue weighted by Gasteiger charge is 2.15. The van der Waals surface area contributed by atoms with E-state index in [0.29, 0.717) is 16.4 Å². The summed E-state index contributed by atoms with van der Waals surface area (Å²) < 4.78 is 27.5. The van der Waals surface area contributed by atoms with Gasteiger partial charge in [0, 0.05) is 22.6 Å². The number of benzene rings is 2. The molecule has 0 aliphatic heterocycles. The van der Waals surface area contributed by atoms with Crippen molar-refractivity contribution in [2.45, 2.75) is 4.90 Å². The van der Waals surface area contributed by atoms with E-state index in [1.807, 2.05) is 0 Å². The molecule has 0 aliphatic rings. The van der Waals surface area contributed by atoms with Crippen molar-refractivity contribution in [2.75, 3.05) is 10.0 Å². The van der Waals surface area contributed by atoms with Crippen LogP contribution in [-0.4, -0.2) is 19.3 Å². The van der Waals surface area contributed by atoms with Crippen molar-refractivity contribution in [3.63, 3.8) is 0 Å². The molecule has 0 atom stereocenters. The molecule has 0 aliphatic carbocycles. The largest absolute Gasteiger partial charge is 0.321 e. The average molecular weight is 388 g/mol. The highest BCUT2D eigenvalue weighted by Crippen LogP contribution is 2.21. The van der Waals surface area contributed by atoms with Crippen molar-refractivity contribution in [1.29, 1.82) is 0 Å². The van der Waals surface area contributed by atoms with Gasteiger partial charge < -0.3 is 5.32 Å². The van der Waals surface area contributed by atoms with Crippen molar-refractivity contribution in [2.24, 2.45) is 0 Å². The fourth-order valence-electron chi connectivity index (χ4n) is 2.17. The topological polar surface area (TPSA) is 88.2 Å². The molecule has 2 N–H and O–H groups in total. The zero-order valence-electron chi connectivity index (χ0n) is 13.4. The Labute approximate surface area is 155 Å². The van der Waals surface area contributed by atoms with E-state index in [1.165, 1.54) is 18.3 Å². The zero-order valence-corrected chi connectivity index (χ0v) is 15.0. The lowest BCUT2D eigenvalue weighted by Gasteiger charge is -2.10. The van der Waals surface area contributed by atoms with Gasteiger partial charge in [-0.2, -0.15) is 0 Å². The van der Waals surface area contributed by atoms with E-state index in [4.69, 9.17) is 11.6 Å². The van der Waals surface area contributed by atoms with Crippen molar-refractivity contribution in [3.05, 3.63) is 83.6 Å². The molecule has 8 heteroatoms. The van der Waals surface area contributed by atoms with Gasteiger partial charge in [-0.25, -0.2) is 8.42 Å². The molecule has 26 heavy (non-hydrogen) atoms. The third kappa shape index (κ3) is 4.38. The van der Waals surface area contributed by atoms with Gasteiger partial charge in [0.15, 0.2) is 0 Å². The number of amides is 1. The van der Waals surface area contributed by atoms with E-state index < -0.39 is 15.9 Å². The van der Waals surface area contributed by atoms with Crippen LogP contribution < -0.4 is 10.0 Å². The van der Waals surface area contributed by atoms with E-state index in [-0.39, 0.29) is 10.6 Å². The predicted octanol–water partition coefficient (Wildman–Crippen LogP) is 3.79. The lowest BCUT2D eigenvalue weighted by Crippen LogP contribution is -2.15. The van der Waals surface area contributed by atoms with Gasteiger partial charge in [0.25, 0.3) is 15.9 Å². The normalized spacial score (nSPS) is 11.0. The minimum Gasteiger partial charge on any atom is -0.321 e. The Kier molecular flexibility index (Phi) is 5.20. The summed E-state index contributed by atoms with van der Waals surface area (Å²) in [5, 5.41) is 3.14. The van der Waals surface area contributed by atoms with Gasteiger partial charge in [-0.05, 0) is 54.6 Å². The lowest BCUT2D eigenvalue weighted by molar-refractivity contribution is 0.102. The smallest absolute Gasteiger partial charge is 0.274 e. The number of rotatable bonds is 5. The molecule has 6 nitrogen and oxygen atoms in total. The molecule has 1 aromatic heterocycles. The van der Waals surface area contributed by atoms with Gasteiger partial charge in [-0.15, -0.1) is 0 Å². The number of nitrogens with zero attached hydrogens (tertiary/aromatic N) is 1. The Bertz CT molecular complexity index is 1020. The summed E-state index contributed by atoms with van der Waals surface area (Å²) in [6, 6.07) is 17.2. The van der Waals surface area contributed by atoms with Crippen LogP contribution in [0.25, 0.3) is 0 Å². The minimum atomic E-state index is -3.81. The molecule has 3 rings (SSSR count). The molecule has 3 aromatic rings. The zero-order chi connectivity index (χ0) is 18.6. The Morgan fingerprint density at radius 1 is 0.923 bits per heavy atom. The molecule has 0 saturated carbocycles. The van der Waals surface area contributed by atoms with Crippen LogP contribution in [0.15, 0.2) is 77.8 Å². The van der Waals surface area contributed by atoms with Crippen LogP contribution in [0.3, 0.4) is 0 Å². The highest BCUT2D eigenvalue weighted by molar-refractivity contribution is 7.92. The maximum absolute atomic E-state index is 12.5. The number of halogens is 1. The van der Waals surface area contributed by atoms with Crippen LogP contribution in [0.5, 0.6) is 0 Å². The van der Waals surface area contributed by atoms with E-state index in [2.05, 4.69) is 15.0 Å². The van der Waals surface area contributed by atoms with E-state index in [1.54, 1.807) is 54.6 Å². The number of sulfonamides is 1. The van der Waals surface area contributed by atoms with Gasteiger partial charge in [-0.1, -0.05) is 23.7 Å². The van der Waals surface area contributed by atoms with Crippen LogP contribution in [0.4, 0.5) is 11.4 Å². The molecule has 0 bridgehead atoms. The third-order valence-electron chi connectivity index (χ3n) is 3.40. The van der Waals surface area contributed by atoms with Crippen molar-refractivity contribution < 1.29 is 13.2 Å². The Hall–Kier alpha value is -2.90. The molecule has 0 radical (unpaired) electrons. The summed E-state index contributed by atoms with van der Waals surface area (Å²) in [5.74, 6) is -0.425. The number of nitrogens with one attached hydrogen (secondary N) is 2. The third-order valence-corrected chi connectivity index (χ3v) is 5.03. The fourth-order valence-corrected chi connectivity index (χ4v) is 3.40. The lowest BCUT2D eigenvalue weighted by atomic mass is 10.3. The number of carbonyl (C=O) groups is 1. The molecule has 0 saturated heterocycles. The maximum atomic E-state index is 12.5. The van der Waals surface area contributed by atoms with Crippen molar-refractivity contribution in [3.8, 4) is 0 Å². The predicted molar refractivity (Wildman–Crippen MR) is 101 cm³/mol. The summed E-state index contributed by atoms with van der Waals surface area (Å²) in [6.45, 7) is 0. The summed E-state index contributed by atoms with van der Waals surface area (Å²) in [4.78, 5) is 16.1. The number of aromatic nitrogens is 1. The van der Waals surface area contributed by atoms with Gasteiger partial charge in [0.2, 0.25) is 0 Å². The SMILES string of the molecule is O=C(Nc1cccc(S(=O)(=O)Nc2ccc(Cl)cc2)c1)c1ccccn1. The number of hydrogen-bond donors (Lipinski definition) is 2. The van der Waals surface area contributed by atoms with Crippen molar-refractivity contribution >= 4 is 38.9 Å². The second-order valence-corrected chi connectivity index (χ2v) is 7.43. The number of pyridine rings is 1. The number of carbonyl (C=O) groups excluding carboxylic acids is 1. The van der Waals surface area contributed by atoms with E-state index in [9.17, 15) is 13.2 Å². The fraction of sp³-hybridized carbons (Fsp3) is 0. The van der Waals surface area contributed by atoms with Crippen LogP contribution in [-0.2, 0) is 10.0 Å². The van der Waals surface area contributed by atoms with E-state index in [0.717, 1.165) is 0 Å². The van der Waals surface area contributed by atoms with Gasteiger partial charge >= 0.3 is 0 Å². The van der Waals surface area contributed by atoms with E-state index >= 15 is 0 Å². The van der Waals surface area contributed by atoms with Gasteiger partial charge in [0.05, 0.1) is 4.90 Å². The molecular weight excluding hydrogens is 374 g/mol. The molecular formula is C18H14ClN3O3S. The first kappa shape index (κ1) is 17.9.